The Bertz CT molecular complexity index is 362. The molecule has 0 saturated heterocycles. The molecule has 1 unspecified atom stereocenters. The highest BCUT2D eigenvalue weighted by atomic mass is 16.4. The van der Waals surface area contributed by atoms with Crippen molar-refractivity contribution in [3.8, 4) is 0 Å². The first kappa shape index (κ1) is 12.2. The summed E-state index contributed by atoms with van der Waals surface area (Å²) in [5.74, 6) is -1.57. The molecule has 0 fully saturated rings. The minimum absolute atomic E-state index is 0.118. The average molecular weight is 221 g/mol. The van der Waals surface area contributed by atoms with Crippen molar-refractivity contribution in [3.63, 3.8) is 0 Å². The van der Waals surface area contributed by atoms with Crippen LogP contribution in [0.1, 0.15) is 31.4 Å². The molecule has 0 aliphatic rings. The Morgan fingerprint density at radius 3 is 2.44 bits per heavy atom. The first-order valence-electron chi connectivity index (χ1n) is 5.19. The standard InChI is InChI=1S/C12H15NO3/c1-2-10(9-6-4-3-5-7-9)13-11(14)8-12(15)16/h3-7,10H,2,8H2,1H3,(H,13,14)(H,15,16). The molecule has 0 aliphatic heterocycles. The number of amides is 1. The summed E-state index contributed by atoms with van der Waals surface area (Å²) in [7, 11) is 0. The van der Waals surface area contributed by atoms with Gasteiger partial charge in [-0.2, -0.15) is 0 Å². The van der Waals surface area contributed by atoms with Crippen LogP contribution in [0.25, 0.3) is 0 Å². The molecule has 1 aromatic carbocycles. The molecular formula is C12H15NO3. The molecule has 1 rings (SSSR count). The number of nitrogens with one attached hydrogen (secondary N) is 1. The Balaban J connectivity index is 2.63. The van der Waals surface area contributed by atoms with Crippen LogP contribution < -0.4 is 5.32 Å². The van der Waals surface area contributed by atoms with E-state index in [1.807, 2.05) is 37.3 Å². The van der Waals surface area contributed by atoms with Gasteiger partial charge in [-0.05, 0) is 12.0 Å². The van der Waals surface area contributed by atoms with E-state index < -0.39 is 18.3 Å². The van der Waals surface area contributed by atoms with Crippen LogP contribution in [0.5, 0.6) is 0 Å². The molecule has 0 bridgehead atoms. The molecule has 2 N–H and O–H groups in total. The van der Waals surface area contributed by atoms with Crippen molar-refractivity contribution in [2.45, 2.75) is 25.8 Å². The summed E-state index contributed by atoms with van der Waals surface area (Å²) in [4.78, 5) is 21.7. The Labute approximate surface area is 94.3 Å². The van der Waals surface area contributed by atoms with E-state index in [1.165, 1.54) is 0 Å². The van der Waals surface area contributed by atoms with Crippen LogP contribution in [-0.2, 0) is 9.59 Å². The molecule has 0 heterocycles. The molecule has 16 heavy (non-hydrogen) atoms. The zero-order valence-corrected chi connectivity index (χ0v) is 9.14. The third-order valence-electron chi connectivity index (χ3n) is 2.26. The minimum Gasteiger partial charge on any atom is -0.481 e. The van der Waals surface area contributed by atoms with Crippen molar-refractivity contribution in [2.75, 3.05) is 0 Å². The number of carbonyl (C=O) groups excluding carboxylic acids is 1. The van der Waals surface area contributed by atoms with Crippen molar-refractivity contribution in [1.82, 2.24) is 5.32 Å². The van der Waals surface area contributed by atoms with E-state index in [0.717, 1.165) is 12.0 Å². The zero-order chi connectivity index (χ0) is 12.0. The summed E-state index contributed by atoms with van der Waals surface area (Å²) in [6, 6.07) is 9.38. The molecule has 1 amide bonds. The monoisotopic (exact) mass is 221 g/mol. The predicted octanol–water partition coefficient (Wildman–Crippen LogP) is 1.73. The van der Waals surface area contributed by atoms with E-state index in [1.54, 1.807) is 0 Å². The third kappa shape index (κ3) is 3.73. The number of benzene rings is 1. The molecule has 86 valence electrons. The minimum atomic E-state index is -1.11. The van der Waals surface area contributed by atoms with Crippen molar-refractivity contribution < 1.29 is 14.7 Å². The maximum Gasteiger partial charge on any atom is 0.312 e. The van der Waals surface area contributed by atoms with Crippen LogP contribution >= 0.6 is 0 Å². The molecule has 0 spiro atoms. The fourth-order valence-corrected chi connectivity index (χ4v) is 1.49. The molecular weight excluding hydrogens is 206 g/mol. The first-order chi connectivity index (χ1) is 7.63. The van der Waals surface area contributed by atoms with E-state index in [9.17, 15) is 9.59 Å². The van der Waals surface area contributed by atoms with Gasteiger partial charge >= 0.3 is 5.97 Å². The number of carboxylic acids is 1. The predicted molar refractivity (Wildman–Crippen MR) is 59.9 cm³/mol. The number of hydrogen-bond donors (Lipinski definition) is 2. The second-order valence-corrected chi connectivity index (χ2v) is 3.51. The maximum absolute atomic E-state index is 11.3. The fourth-order valence-electron chi connectivity index (χ4n) is 1.49. The normalized spacial score (nSPS) is 11.8. The molecule has 4 heteroatoms. The van der Waals surface area contributed by atoms with Crippen molar-refractivity contribution >= 4 is 11.9 Å². The van der Waals surface area contributed by atoms with E-state index in [4.69, 9.17) is 5.11 Å². The maximum atomic E-state index is 11.3. The molecule has 1 atom stereocenters. The van der Waals surface area contributed by atoms with Gasteiger partial charge < -0.3 is 10.4 Å². The van der Waals surface area contributed by atoms with Crippen molar-refractivity contribution in [1.29, 1.82) is 0 Å². The topological polar surface area (TPSA) is 66.4 Å². The van der Waals surface area contributed by atoms with Crippen molar-refractivity contribution in [2.24, 2.45) is 0 Å². The summed E-state index contributed by atoms with van der Waals surface area (Å²) >= 11 is 0. The molecule has 4 nitrogen and oxygen atoms in total. The Kier molecular flexibility index (Phi) is 4.51. The highest BCUT2D eigenvalue weighted by molar-refractivity contribution is 5.93. The number of rotatable bonds is 5. The Morgan fingerprint density at radius 1 is 1.31 bits per heavy atom. The van der Waals surface area contributed by atoms with Crippen LogP contribution in [0.4, 0.5) is 0 Å². The summed E-state index contributed by atoms with van der Waals surface area (Å²) in [6.07, 6.45) is 0.249. The van der Waals surface area contributed by atoms with Gasteiger partial charge in [0.25, 0.3) is 0 Å². The van der Waals surface area contributed by atoms with Gasteiger partial charge in [-0.3, -0.25) is 9.59 Å². The fraction of sp³-hybridized carbons (Fsp3) is 0.333. The lowest BCUT2D eigenvalue weighted by atomic mass is 10.0. The number of aliphatic carboxylic acids is 1. The number of hydrogen-bond acceptors (Lipinski definition) is 2. The summed E-state index contributed by atoms with van der Waals surface area (Å²) in [5.41, 5.74) is 0.990. The van der Waals surface area contributed by atoms with Gasteiger partial charge in [-0.25, -0.2) is 0 Å². The lowest BCUT2D eigenvalue weighted by molar-refractivity contribution is -0.140. The largest absolute Gasteiger partial charge is 0.481 e. The lowest BCUT2D eigenvalue weighted by Crippen LogP contribution is -2.29. The highest BCUT2D eigenvalue weighted by Gasteiger charge is 2.14. The van der Waals surface area contributed by atoms with Crippen LogP contribution in [-0.4, -0.2) is 17.0 Å². The Morgan fingerprint density at radius 2 is 1.94 bits per heavy atom. The summed E-state index contributed by atoms with van der Waals surface area (Å²) in [6.45, 7) is 1.94. The molecule has 0 saturated carbocycles. The second kappa shape index (κ2) is 5.90. The molecule has 0 aliphatic carbocycles. The van der Waals surface area contributed by atoms with Crippen LogP contribution in [0, 0.1) is 0 Å². The number of carbonyl (C=O) groups is 2. The van der Waals surface area contributed by atoms with Gasteiger partial charge in [0.2, 0.25) is 5.91 Å². The van der Waals surface area contributed by atoms with Gasteiger partial charge in [-0.15, -0.1) is 0 Å². The lowest BCUT2D eigenvalue weighted by Gasteiger charge is -2.16. The first-order valence-corrected chi connectivity index (χ1v) is 5.19. The van der Waals surface area contributed by atoms with Gasteiger partial charge in [0.15, 0.2) is 0 Å². The van der Waals surface area contributed by atoms with E-state index in [0.29, 0.717) is 0 Å². The van der Waals surface area contributed by atoms with Gasteiger partial charge in [0.05, 0.1) is 6.04 Å². The van der Waals surface area contributed by atoms with Crippen LogP contribution in [0.2, 0.25) is 0 Å². The number of carboxylic acid groups (broad SMARTS) is 1. The van der Waals surface area contributed by atoms with Crippen LogP contribution in [0.3, 0.4) is 0 Å². The average Bonchev–Trinajstić information content (AvgIpc) is 2.26. The van der Waals surface area contributed by atoms with E-state index >= 15 is 0 Å². The van der Waals surface area contributed by atoms with Gasteiger partial charge in [-0.1, -0.05) is 37.3 Å². The van der Waals surface area contributed by atoms with Crippen LogP contribution in [0.15, 0.2) is 30.3 Å². The summed E-state index contributed by atoms with van der Waals surface area (Å²) < 4.78 is 0. The SMILES string of the molecule is CCC(NC(=O)CC(=O)O)c1ccccc1. The van der Waals surface area contributed by atoms with Crippen molar-refractivity contribution in [3.05, 3.63) is 35.9 Å². The van der Waals surface area contributed by atoms with E-state index in [2.05, 4.69) is 5.32 Å². The second-order valence-electron chi connectivity index (χ2n) is 3.51. The smallest absolute Gasteiger partial charge is 0.312 e. The highest BCUT2D eigenvalue weighted by Crippen LogP contribution is 2.15. The van der Waals surface area contributed by atoms with E-state index in [-0.39, 0.29) is 6.04 Å². The van der Waals surface area contributed by atoms with Gasteiger partial charge in [0.1, 0.15) is 6.42 Å². The summed E-state index contributed by atoms with van der Waals surface area (Å²) in [5, 5.41) is 11.2. The Hall–Kier alpha value is -1.84. The zero-order valence-electron chi connectivity index (χ0n) is 9.14. The molecule has 1 aromatic rings. The molecule has 0 aromatic heterocycles. The third-order valence-corrected chi connectivity index (χ3v) is 2.26. The molecule has 0 radical (unpaired) electrons. The quantitative estimate of drug-likeness (QED) is 0.744. The van der Waals surface area contributed by atoms with Gasteiger partial charge in [0, 0.05) is 0 Å².